The minimum atomic E-state index is -3.88. The lowest BCUT2D eigenvalue weighted by atomic mass is 10.0. The lowest BCUT2D eigenvalue weighted by Crippen LogP contribution is -2.14. The van der Waals surface area contributed by atoms with E-state index in [-0.39, 0.29) is 4.90 Å². The van der Waals surface area contributed by atoms with Crippen LogP contribution in [0.2, 0.25) is 0 Å². The van der Waals surface area contributed by atoms with Crippen molar-refractivity contribution >= 4 is 37.3 Å². The molecular weight excluding hydrogens is 478 g/mol. The average molecular weight is 502 g/mol. The van der Waals surface area contributed by atoms with Gasteiger partial charge in [0.25, 0.3) is 10.0 Å². The summed E-state index contributed by atoms with van der Waals surface area (Å²) in [6, 6.07) is 22.4. The molecule has 0 atom stereocenters. The van der Waals surface area contributed by atoms with Gasteiger partial charge in [0.1, 0.15) is 15.5 Å². The second kappa shape index (κ2) is 9.13. The summed E-state index contributed by atoms with van der Waals surface area (Å²) >= 11 is 1.54. The SMILES string of the molecule is COc1cccc(-c2c(C)sc3nc(C)cc(NS(=O)(=O)c4ccc(-c5ccccc5)nc4)c23)c1. The highest BCUT2D eigenvalue weighted by Gasteiger charge is 2.22. The molecule has 0 spiro atoms. The van der Waals surface area contributed by atoms with Crippen LogP contribution in [0.1, 0.15) is 10.6 Å². The summed E-state index contributed by atoms with van der Waals surface area (Å²) in [6.45, 7) is 3.87. The molecule has 5 aromatic rings. The summed E-state index contributed by atoms with van der Waals surface area (Å²) < 4.78 is 34.9. The van der Waals surface area contributed by atoms with Crippen molar-refractivity contribution in [2.24, 2.45) is 0 Å². The summed E-state index contributed by atoms with van der Waals surface area (Å²) in [5.74, 6) is 0.730. The molecule has 0 aliphatic carbocycles. The number of hydrogen-bond donors (Lipinski definition) is 1. The van der Waals surface area contributed by atoms with Crippen molar-refractivity contribution in [2.75, 3.05) is 11.8 Å². The predicted molar refractivity (Wildman–Crippen MR) is 142 cm³/mol. The van der Waals surface area contributed by atoms with Crippen LogP contribution in [0.4, 0.5) is 5.69 Å². The number of hydrogen-bond acceptors (Lipinski definition) is 6. The van der Waals surface area contributed by atoms with Gasteiger partial charge in [-0.2, -0.15) is 0 Å². The molecule has 176 valence electrons. The first-order chi connectivity index (χ1) is 16.9. The second-order valence-corrected chi connectivity index (χ2v) is 11.0. The zero-order valence-electron chi connectivity index (χ0n) is 19.4. The van der Waals surface area contributed by atoms with E-state index in [1.165, 1.54) is 17.5 Å². The lowest BCUT2D eigenvalue weighted by molar-refractivity contribution is 0.415. The highest BCUT2D eigenvalue weighted by molar-refractivity contribution is 7.92. The van der Waals surface area contributed by atoms with E-state index in [1.54, 1.807) is 25.3 Å². The van der Waals surface area contributed by atoms with Crippen LogP contribution >= 0.6 is 11.3 Å². The van der Waals surface area contributed by atoms with E-state index >= 15 is 0 Å². The van der Waals surface area contributed by atoms with Crippen LogP contribution in [-0.4, -0.2) is 25.5 Å². The number of aryl methyl sites for hydroxylation is 2. The van der Waals surface area contributed by atoms with Crippen LogP contribution in [0.25, 0.3) is 32.6 Å². The fraction of sp³-hybridized carbons (Fsp3) is 0.111. The molecular formula is C27H23N3O3S2. The van der Waals surface area contributed by atoms with Crippen molar-refractivity contribution in [1.29, 1.82) is 0 Å². The number of sulfonamides is 1. The Morgan fingerprint density at radius 2 is 1.69 bits per heavy atom. The van der Waals surface area contributed by atoms with Crippen LogP contribution in [0, 0.1) is 13.8 Å². The van der Waals surface area contributed by atoms with Gasteiger partial charge in [-0.25, -0.2) is 13.4 Å². The normalized spacial score (nSPS) is 11.5. The first kappa shape index (κ1) is 23.0. The Balaban J connectivity index is 1.58. The molecule has 0 fully saturated rings. The summed E-state index contributed by atoms with van der Waals surface area (Å²) in [5, 5.41) is 0.767. The van der Waals surface area contributed by atoms with Gasteiger partial charge in [0.15, 0.2) is 0 Å². The summed E-state index contributed by atoms with van der Waals surface area (Å²) in [7, 11) is -2.26. The van der Waals surface area contributed by atoms with Crippen molar-refractivity contribution in [3.05, 3.63) is 89.6 Å². The third-order valence-electron chi connectivity index (χ3n) is 5.69. The molecule has 0 amide bonds. The summed E-state index contributed by atoms with van der Waals surface area (Å²) in [6.07, 6.45) is 1.39. The van der Waals surface area contributed by atoms with Crippen LogP contribution in [0.15, 0.2) is 83.9 Å². The molecule has 3 aromatic heterocycles. The number of nitrogens with one attached hydrogen (secondary N) is 1. The van der Waals surface area contributed by atoms with Gasteiger partial charge in [-0.3, -0.25) is 9.71 Å². The Labute approximate surface area is 208 Å². The molecule has 8 heteroatoms. The molecule has 0 bridgehead atoms. The van der Waals surface area contributed by atoms with E-state index in [2.05, 4.69) is 14.7 Å². The van der Waals surface area contributed by atoms with E-state index in [0.29, 0.717) is 11.4 Å². The fourth-order valence-electron chi connectivity index (χ4n) is 4.06. The molecule has 6 nitrogen and oxygen atoms in total. The number of fused-ring (bicyclic) bond motifs is 1. The quantitative estimate of drug-likeness (QED) is 0.289. The third kappa shape index (κ3) is 4.50. The topological polar surface area (TPSA) is 81.2 Å². The molecule has 35 heavy (non-hydrogen) atoms. The van der Waals surface area contributed by atoms with Gasteiger partial charge in [-0.15, -0.1) is 11.3 Å². The van der Waals surface area contributed by atoms with Crippen LogP contribution in [0.5, 0.6) is 5.75 Å². The Hall–Kier alpha value is -3.75. The van der Waals surface area contributed by atoms with E-state index in [4.69, 9.17) is 4.74 Å². The number of pyridine rings is 2. The molecule has 0 saturated heterocycles. The van der Waals surface area contributed by atoms with Gasteiger partial charge < -0.3 is 4.74 Å². The molecule has 5 rings (SSSR count). The molecule has 0 saturated carbocycles. The van der Waals surface area contributed by atoms with Crippen molar-refractivity contribution in [3.63, 3.8) is 0 Å². The Bertz CT molecular complexity index is 1630. The number of rotatable bonds is 6. The van der Waals surface area contributed by atoms with Crippen molar-refractivity contribution in [2.45, 2.75) is 18.7 Å². The van der Waals surface area contributed by atoms with E-state index < -0.39 is 10.0 Å². The second-order valence-electron chi connectivity index (χ2n) is 8.11. The largest absolute Gasteiger partial charge is 0.497 e. The predicted octanol–water partition coefficient (Wildman–Crippen LogP) is 6.45. The molecule has 3 heterocycles. The number of thiophene rings is 1. The number of nitrogens with zero attached hydrogens (tertiary/aromatic N) is 2. The summed E-state index contributed by atoms with van der Waals surface area (Å²) in [5.41, 5.74) is 4.72. The van der Waals surface area contributed by atoms with Gasteiger partial charge in [-0.1, -0.05) is 42.5 Å². The summed E-state index contributed by atoms with van der Waals surface area (Å²) in [4.78, 5) is 11.0. The van der Waals surface area contributed by atoms with Crippen LogP contribution in [-0.2, 0) is 10.0 Å². The van der Waals surface area contributed by atoms with E-state index in [1.807, 2.05) is 68.4 Å². The van der Waals surface area contributed by atoms with Crippen LogP contribution < -0.4 is 9.46 Å². The Morgan fingerprint density at radius 3 is 2.40 bits per heavy atom. The Morgan fingerprint density at radius 1 is 0.914 bits per heavy atom. The average Bonchev–Trinajstić information content (AvgIpc) is 3.20. The zero-order valence-corrected chi connectivity index (χ0v) is 21.1. The number of methoxy groups -OCH3 is 1. The number of ether oxygens (including phenoxy) is 1. The standard InChI is InChI=1S/C27H23N3O3S2/c1-17-14-24(26-25(18(2)34-27(26)29-17)20-10-7-11-21(15-20)33-3)30-35(31,32)22-12-13-23(28-16-22)19-8-5-4-6-9-19/h4-16H,1-3H3,(H,29,30). The maximum absolute atomic E-state index is 13.4. The minimum absolute atomic E-state index is 0.0923. The number of aromatic nitrogens is 2. The van der Waals surface area contributed by atoms with Gasteiger partial charge in [0.05, 0.1) is 18.5 Å². The molecule has 0 aliphatic heterocycles. The van der Waals surface area contributed by atoms with E-state index in [9.17, 15) is 8.42 Å². The highest BCUT2D eigenvalue weighted by Crippen LogP contribution is 2.42. The fourth-order valence-corrected chi connectivity index (χ4v) is 6.18. The van der Waals surface area contributed by atoms with Gasteiger partial charge >= 0.3 is 0 Å². The van der Waals surface area contributed by atoms with Crippen molar-refractivity contribution in [3.8, 4) is 28.1 Å². The molecule has 2 aromatic carbocycles. The maximum atomic E-state index is 13.4. The number of anilines is 1. The van der Waals surface area contributed by atoms with Gasteiger partial charge in [-0.05, 0) is 49.7 Å². The Kier molecular flexibility index (Phi) is 6.00. The molecule has 1 N–H and O–H groups in total. The number of benzene rings is 2. The minimum Gasteiger partial charge on any atom is -0.497 e. The molecule has 0 unspecified atom stereocenters. The maximum Gasteiger partial charge on any atom is 0.263 e. The van der Waals surface area contributed by atoms with Crippen LogP contribution in [0.3, 0.4) is 0 Å². The zero-order chi connectivity index (χ0) is 24.6. The van der Waals surface area contributed by atoms with Gasteiger partial charge in [0.2, 0.25) is 0 Å². The van der Waals surface area contributed by atoms with E-state index in [0.717, 1.165) is 43.2 Å². The van der Waals surface area contributed by atoms with Crippen molar-refractivity contribution < 1.29 is 13.2 Å². The van der Waals surface area contributed by atoms with Crippen molar-refractivity contribution in [1.82, 2.24) is 9.97 Å². The molecule has 0 aliphatic rings. The first-order valence-corrected chi connectivity index (χ1v) is 13.2. The first-order valence-electron chi connectivity index (χ1n) is 10.9. The smallest absolute Gasteiger partial charge is 0.263 e. The molecule has 0 radical (unpaired) electrons. The highest BCUT2D eigenvalue weighted by atomic mass is 32.2. The third-order valence-corrected chi connectivity index (χ3v) is 8.03. The van der Waals surface area contributed by atoms with Gasteiger partial charge in [0, 0.05) is 33.3 Å². The lowest BCUT2D eigenvalue weighted by Gasteiger charge is -2.12. The monoisotopic (exact) mass is 501 g/mol.